The zero-order chi connectivity index (χ0) is 15.1. The van der Waals surface area contributed by atoms with Gasteiger partial charge in [0.15, 0.2) is 0 Å². The molecule has 21 heavy (non-hydrogen) atoms. The Hall–Kier alpha value is -3.00. The number of para-hydroxylation sites is 3. The molecule has 106 valence electrons. The van der Waals surface area contributed by atoms with Crippen LogP contribution in [0.4, 0.5) is 16.2 Å². The van der Waals surface area contributed by atoms with Crippen LogP contribution in [0.3, 0.4) is 0 Å². The molecule has 0 atom stereocenters. The molecule has 2 aromatic rings. The number of hydrogen-bond donors (Lipinski definition) is 1. The van der Waals surface area contributed by atoms with Gasteiger partial charge in [0.1, 0.15) is 12.3 Å². The highest BCUT2D eigenvalue weighted by atomic mass is 16.5. The summed E-state index contributed by atoms with van der Waals surface area (Å²) in [4.78, 5) is 13.7. The van der Waals surface area contributed by atoms with Crippen LogP contribution in [-0.4, -0.2) is 19.7 Å². The number of carbonyl (C=O) groups is 1. The lowest BCUT2D eigenvalue weighted by Gasteiger charge is -2.21. The molecule has 0 radical (unpaired) electrons. The molecule has 0 aromatic heterocycles. The average Bonchev–Trinajstić information content (AvgIpc) is 2.53. The third-order valence-electron chi connectivity index (χ3n) is 2.89. The van der Waals surface area contributed by atoms with Crippen LogP contribution < -0.4 is 15.0 Å². The molecule has 0 saturated heterocycles. The van der Waals surface area contributed by atoms with Gasteiger partial charge in [-0.15, -0.1) is 0 Å². The van der Waals surface area contributed by atoms with Gasteiger partial charge in [-0.1, -0.05) is 30.3 Å². The molecule has 0 fully saturated rings. The van der Waals surface area contributed by atoms with Crippen LogP contribution in [0.15, 0.2) is 54.6 Å². The largest absolute Gasteiger partial charge is 0.495 e. The minimum absolute atomic E-state index is 0.0367. The first kappa shape index (κ1) is 14.4. The Labute approximate surface area is 123 Å². The highest BCUT2D eigenvalue weighted by molar-refractivity contribution is 6.02. The predicted octanol–water partition coefficient (Wildman–Crippen LogP) is 3.26. The van der Waals surface area contributed by atoms with Gasteiger partial charge in [0.2, 0.25) is 0 Å². The molecule has 1 N–H and O–H groups in total. The molecule has 0 heterocycles. The molecule has 0 aliphatic carbocycles. The highest BCUT2D eigenvalue weighted by Gasteiger charge is 2.16. The summed E-state index contributed by atoms with van der Waals surface area (Å²) >= 11 is 0. The third kappa shape index (κ3) is 3.51. The first-order valence-corrected chi connectivity index (χ1v) is 6.40. The van der Waals surface area contributed by atoms with Crippen LogP contribution in [0, 0.1) is 11.3 Å². The van der Waals surface area contributed by atoms with Crippen LogP contribution in [0.25, 0.3) is 0 Å². The van der Waals surface area contributed by atoms with Crippen LogP contribution >= 0.6 is 0 Å². The fraction of sp³-hybridized carbons (Fsp3) is 0.125. The maximum atomic E-state index is 12.4. The second kappa shape index (κ2) is 6.96. The van der Waals surface area contributed by atoms with E-state index in [4.69, 9.17) is 10.00 Å². The van der Waals surface area contributed by atoms with Gasteiger partial charge in [0, 0.05) is 5.69 Å². The molecule has 2 rings (SSSR count). The number of urea groups is 1. The molecule has 5 nitrogen and oxygen atoms in total. The molecule has 2 amide bonds. The maximum Gasteiger partial charge on any atom is 0.327 e. The van der Waals surface area contributed by atoms with E-state index in [9.17, 15) is 4.79 Å². The van der Waals surface area contributed by atoms with Crippen molar-refractivity contribution in [2.75, 3.05) is 23.9 Å². The molecule has 0 aliphatic heterocycles. The van der Waals surface area contributed by atoms with E-state index in [-0.39, 0.29) is 12.6 Å². The van der Waals surface area contributed by atoms with Crippen LogP contribution in [0.2, 0.25) is 0 Å². The average molecular weight is 281 g/mol. The van der Waals surface area contributed by atoms with E-state index in [1.165, 1.54) is 12.0 Å². The van der Waals surface area contributed by atoms with Gasteiger partial charge in [0.05, 0.1) is 18.9 Å². The summed E-state index contributed by atoms with van der Waals surface area (Å²) in [6, 6.07) is 17.8. The fourth-order valence-electron chi connectivity index (χ4n) is 1.89. The lowest BCUT2D eigenvalue weighted by molar-refractivity contribution is 0.257. The zero-order valence-corrected chi connectivity index (χ0v) is 11.6. The normalized spacial score (nSPS) is 9.52. The summed E-state index contributed by atoms with van der Waals surface area (Å²) in [5, 5.41) is 11.7. The van der Waals surface area contributed by atoms with Crippen molar-refractivity contribution in [3.8, 4) is 11.8 Å². The number of nitriles is 1. The van der Waals surface area contributed by atoms with Gasteiger partial charge in [0.25, 0.3) is 0 Å². The number of anilines is 2. The number of nitrogens with zero attached hydrogens (tertiary/aromatic N) is 2. The van der Waals surface area contributed by atoms with E-state index in [0.29, 0.717) is 17.1 Å². The number of hydrogen-bond acceptors (Lipinski definition) is 3. The summed E-state index contributed by atoms with van der Waals surface area (Å²) in [6.45, 7) is -0.0367. The second-order valence-electron chi connectivity index (χ2n) is 4.21. The Morgan fingerprint density at radius 2 is 1.86 bits per heavy atom. The summed E-state index contributed by atoms with van der Waals surface area (Å²) in [6.07, 6.45) is 0. The molecule has 5 heteroatoms. The van der Waals surface area contributed by atoms with Crippen molar-refractivity contribution in [3.63, 3.8) is 0 Å². The third-order valence-corrected chi connectivity index (χ3v) is 2.89. The zero-order valence-electron chi connectivity index (χ0n) is 11.6. The van der Waals surface area contributed by atoms with E-state index in [1.54, 1.807) is 30.3 Å². The molecule has 0 spiro atoms. The van der Waals surface area contributed by atoms with Crippen molar-refractivity contribution >= 4 is 17.4 Å². The van der Waals surface area contributed by atoms with E-state index in [2.05, 4.69) is 5.32 Å². The topological polar surface area (TPSA) is 65.4 Å². The Morgan fingerprint density at radius 3 is 2.52 bits per heavy atom. The van der Waals surface area contributed by atoms with E-state index in [1.807, 2.05) is 30.3 Å². The van der Waals surface area contributed by atoms with Crippen molar-refractivity contribution in [1.29, 1.82) is 5.26 Å². The monoisotopic (exact) mass is 281 g/mol. The van der Waals surface area contributed by atoms with Gasteiger partial charge < -0.3 is 10.1 Å². The number of ether oxygens (including phenoxy) is 1. The summed E-state index contributed by atoms with van der Waals surface area (Å²) < 4.78 is 5.19. The first-order valence-electron chi connectivity index (χ1n) is 6.40. The molecule has 0 bridgehead atoms. The number of nitrogens with one attached hydrogen (secondary N) is 1. The number of rotatable bonds is 4. The molecule has 0 unspecified atom stereocenters. The van der Waals surface area contributed by atoms with Crippen molar-refractivity contribution in [2.45, 2.75) is 0 Å². The Morgan fingerprint density at radius 1 is 1.19 bits per heavy atom. The number of amides is 2. The smallest absolute Gasteiger partial charge is 0.327 e. The highest BCUT2D eigenvalue weighted by Crippen LogP contribution is 2.24. The Balaban J connectivity index is 2.22. The SMILES string of the molecule is COc1ccccc1NC(=O)N(CC#N)c1ccccc1. The van der Waals surface area contributed by atoms with E-state index in [0.717, 1.165) is 0 Å². The standard InChI is InChI=1S/C16H15N3O2/c1-21-15-10-6-5-9-14(15)18-16(20)19(12-11-17)13-7-3-2-4-8-13/h2-10H,12H2,1H3,(H,18,20). The molecule has 0 aliphatic rings. The maximum absolute atomic E-state index is 12.4. The predicted molar refractivity (Wildman–Crippen MR) is 81.4 cm³/mol. The van der Waals surface area contributed by atoms with Gasteiger partial charge >= 0.3 is 6.03 Å². The van der Waals surface area contributed by atoms with Gasteiger partial charge in [-0.05, 0) is 24.3 Å². The van der Waals surface area contributed by atoms with Crippen molar-refractivity contribution in [2.24, 2.45) is 0 Å². The molecular formula is C16H15N3O2. The molecular weight excluding hydrogens is 266 g/mol. The summed E-state index contributed by atoms with van der Waals surface area (Å²) in [7, 11) is 1.54. The fourth-order valence-corrected chi connectivity index (χ4v) is 1.89. The Bertz CT molecular complexity index is 650. The van der Waals surface area contributed by atoms with E-state index < -0.39 is 0 Å². The number of methoxy groups -OCH3 is 1. The minimum atomic E-state index is -0.382. The first-order chi connectivity index (χ1) is 10.3. The van der Waals surface area contributed by atoms with Crippen LogP contribution in [0.5, 0.6) is 5.75 Å². The molecule has 2 aromatic carbocycles. The van der Waals surface area contributed by atoms with Crippen LogP contribution in [0.1, 0.15) is 0 Å². The molecule has 0 saturated carbocycles. The Kier molecular flexibility index (Phi) is 4.78. The van der Waals surface area contributed by atoms with Gasteiger partial charge in [-0.25, -0.2) is 4.79 Å². The minimum Gasteiger partial charge on any atom is -0.495 e. The van der Waals surface area contributed by atoms with Crippen molar-refractivity contribution in [3.05, 3.63) is 54.6 Å². The van der Waals surface area contributed by atoms with Gasteiger partial charge in [-0.3, -0.25) is 4.90 Å². The summed E-state index contributed by atoms with van der Waals surface area (Å²) in [5.41, 5.74) is 1.22. The van der Waals surface area contributed by atoms with Gasteiger partial charge in [-0.2, -0.15) is 5.26 Å². The van der Waals surface area contributed by atoms with Crippen molar-refractivity contribution < 1.29 is 9.53 Å². The lowest BCUT2D eigenvalue weighted by atomic mass is 10.3. The quantitative estimate of drug-likeness (QED) is 0.875. The number of carbonyl (C=O) groups excluding carboxylic acids is 1. The lowest BCUT2D eigenvalue weighted by Crippen LogP contribution is -2.35. The second-order valence-corrected chi connectivity index (χ2v) is 4.21. The van der Waals surface area contributed by atoms with E-state index >= 15 is 0 Å². The summed E-state index contributed by atoms with van der Waals surface area (Å²) in [5.74, 6) is 0.566. The van der Waals surface area contributed by atoms with Crippen LogP contribution in [-0.2, 0) is 0 Å². The van der Waals surface area contributed by atoms with Crippen molar-refractivity contribution in [1.82, 2.24) is 0 Å². The number of benzene rings is 2.